The number of esters is 1. The van der Waals surface area contributed by atoms with Gasteiger partial charge < -0.3 is 24.3 Å². The molecule has 0 unspecified atom stereocenters. The number of ether oxygens (including phenoxy) is 4. The Morgan fingerprint density at radius 3 is 2.32 bits per heavy atom. The van der Waals surface area contributed by atoms with Crippen LogP contribution in [0.2, 0.25) is 0 Å². The van der Waals surface area contributed by atoms with Crippen LogP contribution in [0.25, 0.3) is 0 Å². The predicted molar refractivity (Wildman–Crippen MR) is 105 cm³/mol. The molecule has 0 atom stereocenters. The summed E-state index contributed by atoms with van der Waals surface area (Å²) in [6.07, 6.45) is 0.584. The summed E-state index contributed by atoms with van der Waals surface area (Å²) in [5, 5.41) is 2.68. The van der Waals surface area contributed by atoms with Gasteiger partial charge in [0.05, 0.1) is 26.5 Å². The summed E-state index contributed by atoms with van der Waals surface area (Å²) >= 11 is 0. The SMILES string of the molecule is CCOc1ccccc1NC(=O)COC(=O)CCc1cc(OC)cc(OC)c1. The molecule has 0 bridgehead atoms. The van der Waals surface area contributed by atoms with Crippen LogP contribution in [-0.2, 0) is 20.7 Å². The molecule has 1 N–H and O–H groups in total. The van der Waals surface area contributed by atoms with Crippen molar-refractivity contribution < 1.29 is 28.5 Å². The van der Waals surface area contributed by atoms with Crippen LogP contribution in [0, 0.1) is 0 Å². The fourth-order valence-corrected chi connectivity index (χ4v) is 2.51. The monoisotopic (exact) mass is 387 g/mol. The van der Waals surface area contributed by atoms with Gasteiger partial charge in [0.25, 0.3) is 5.91 Å². The highest BCUT2D eigenvalue weighted by molar-refractivity contribution is 5.94. The van der Waals surface area contributed by atoms with Crippen LogP contribution in [0.3, 0.4) is 0 Å². The number of para-hydroxylation sites is 2. The van der Waals surface area contributed by atoms with Gasteiger partial charge in [0.15, 0.2) is 6.61 Å². The van der Waals surface area contributed by atoms with Crippen LogP contribution >= 0.6 is 0 Å². The minimum absolute atomic E-state index is 0.138. The molecule has 2 aromatic rings. The molecule has 2 aromatic carbocycles. The third-order valence-electron chi connectivity index (χ3n) is 3.85. The fourth-order valence-electron chi connectivity index (χ4n) is 2.51. The number of aryl methyl sites for hydroxylation is 1. The summed E-state index contributed by atoms with van der Waals surface area (Å²) in [6.45, 7) is 1.98. The molecule has 28 heavy (non-hydrogen) atoms. The Bertz CT molecular complexity index is 783. The van der Waals surface area contributed by atoms with E-state index in [1.165, 1.54) is 0 Å². The highest BCUT2D eigenvalue weighted by Crippen LogP contribution is 2.24. The van der Waals surface area contributed by atoms with E-state index in [1.54, 1.807) is 38.5 Å². The third kappa shape index (κ3) is 6.50. The number of benzene rings is 2. The van der Waals surface area contributed by atoms with Crippen LogP contribution in [-0.4, -0.2) is 39.3 Å². The fraction of sp³-hybridized carbons (Fsp3) is 0.333. The van der Waals surface area contributed by atoms with E-state index in [2.05, 4.69) is 5.32 Å². The van der Waals surface area contributed by atoms with Gasteiger partial charge in [-0.15, -0.1) is 0 Å². The molecule has 0 heterocycles. The van der Waals surface area contributed by atoms with E-state index < -0.39 is 11.9 Å². The Morgan fingerprint density at radius 2 is 1.68 bits per heavy atom. The van der Waals surface area contributed by atoms with Gasteiger partial charge in [-0.05, 0) is 43.2 Å². The molecule has 0 aliphatic carbocycles. The predicted octanol–water partition coefficient (Wildman–Crippen LogP) is 3.22. The molecule has 0 aromatic heterocycles. The molecule has 0 radical (unpaired) electrons. The maximum absolute atomic E-state index is 12.0. The van der Waals surface area contributed by atoms with Crippen molar-refractivity contribution in [1.29, 1.82) is 0 Å². The van der Waals surface area contributed by atoms with E-state index in [-0.39, 0.29) is 13.0 Å². The van der Waals surface area contributed by atoms with Gasteiger partial charge in [-0.3, -0.25) is 9.59 Å². The minimum Gasteiger partial charge on any atom is -0.497 e. The van der Waals surface area contributed by atoms with Gasteiger partial charge in [0.1, 0.15) is 17.2 Å². The summed E-state index contributed by atoms with van der Waals surface area (Å²) in [6, 6.07) is 12.5. The molecule has 0 saturated carbocycles. The van der Waals surface area contributed by atoms with E-state index in [1.807, 2.05) is 25.1 Å². The highest BCUT2D eigenvalue weighted by Gasteiger charge is 2.11. The van der Waals surface area contributed by atoms with E-state index in [0.717, 1.165) is 5.56 Å². The Labute approximate surface area is 164 Å². The number of carbonyl (C=O) groups excluding carboxylic acids is 2. The molecule has 0 spiro atoms. The second-order valence-electron chi connectivity index (χ2n) is 5.86. The Morgan fingerprint density at radius 1 is 1.00 bits per heavy atom. The van der Waals surface area contributed by atoms with Crippen LogP contribution in [0.5, 0.6) is 17.2 Å². The molecule has 0 aliphatic rings. The maximum atomic E-state index is 12.0. The number of carbonyl (C=O) groups is 2. The molecule has 0 aliphatic heterocycles. The first kappa shape index (κ1) is 21.1. The van der Waals surface area contributed by atoms with Gasteiger partial charge in [-0.1, -0.05) is 12.1 Å². The van der Waals surface area contributed by atoms with Crippen LogP contribution < -0.4 is 19.5 Å². The molecular weight excluding hydrogens is 362 g/mol. The lowest BCUT2D eigenvalue weighted by Gasteiger charge is -2.11. The first-order chi connectivity index (χ1) is 13.5. The van der Waals surface area contributed by atoms with Crippen LogP contribution in [0.15, 0.2) is 42.5 Å². The second-order valence-corrected chi connectivity index (χ2v) is 5.86. The van der Waals surface area contributed by atoms with Crippen LogP contribution in [0.1, 0.15) is 18.9 Å². The first-order valence-corrected chi connectivity index (χ1v) is 8.95. The Kier molecular flexibility index (Phi) is 8.14. The number of nitrogens with one attached hydrogen (secondary N) is 1. The number of hydrogen-bond acceptors (Lipinski definition) is 6. The van der Waals surface area contributed by atoms with Crippen molar-refractivity contribution in [2.45, 2.75) is 19.8 Å². The average Bonchev–Trinajstić information content (AvgIpc) is 2.72. The number of hydrogen-bond donors (Lipinski definition) is 1. The normalized spacial score (nSPS) is 10.1. The average molecular weight is 387 g/mol. The lowest BCUT2D eigenvalue weighted by molar-refractivity contribution is -0.147. The molecule has 0 saturated heterocycles. The largest absolute Gasteiger partial charge is 0.497 e. The van der Waals surface area contributed by atoms with Crippen molar-refractivity contribution in [3.63, 3.8) is 0 Å². The molecule has 7 nitrogen and oxygen atoms in total. The van der Waals surface area contributed by atoms with Crippen molar-refractivity contribution >= 4 is 17.6 Å². The lowest BCUT2D eigenvalue weighted by Crippen LogP contribution is -2.21. The van der Waals surface area contributed by atoms with E-state index in [4.69, 9.17) is 18.9 Å². The standard InChI is InChI=1S/C21H25NO6/c1-4-27-19-8-6-5-7-18(19)22-20(23)14-28-21(24)10-9-15-11-16(25-2)13-17(12-15)26-3/h5-8,11-13H,4,9-10,14H2,1-3H3,(H,22,23). The van der Waals surface area contributed by atoms with Crippen molar-refractivity contribution in [3.8, 4) is 17.2 Å². The zero-order valence-electron chi connectivity index (χ0n) is 16.3. The van der Waals surface area contributed by atoms with Crippen molar-refractivity contribution in [2.75, 3.05) is 32.8 Å². The quantitative estimate of drug-likeness (QED) is 0.631. The topological polar surface area (TPSA) is 83.1 Å². The summed E-state index contributed by atoms with van der Waals surface area (Å²) in [4.78, 5) is 24.0. The number of rotatable bonds is 10. The molecule has 2 rings (SSSR count). The van der Waals surface area contributed by atoms with Gasteiger partial charge in [-0.25, -0.2) is 0 Å². The van der Waals surface area contributed by atoms with E-state index in [0.29, 0.717) is 36.0 Å². The zero-order valence-corrected chi connectivity index (χ0v) is 16.3. The van der Waals surface area contributed by atoms with Crippen molar-refractivity contribution in [3.05, 3.63) is 48.0 Å². The lowest BCUT2D eigenvalue weighted by atomic mass is 10.1. The maximum Gasteiger partial charge on any atom is 0.306 e. The third-order valence-corrected chi connectivity index (χ3v) is 3.85. The summed E-state index contributed by atoms with van der Waals surface area (Å²) in [7, 11) is 3.13. The summed E-state index contributed by atoms with van der Waals surface area (Å²) in [5.41, 5.74) is 1.41. The number of amides is 1. The summed E-state index contributed by atoms with van der Waals surface area (Å²) < 4.78 is 20.9. The van der Waals surface area contributed by atoms with Crippen molar-refractivity contribution in [2.24, 2.45) is 0 Å². The van der Waals surface area contributed by atoms with Gasteiger partial charge in [0.2, 0.25) is 0 Å². The first-order valence-electron chi connectivity index (χ1n) is 8.95. The summed E-state index contributed by atoms with van der Waals surface area (Å²) in [5.74, 6) is 0.973. The smallest absolute Gasteiger partial charge is 0.306 e. The van der Waals surface area contributed by atoms with Crippen LogP contribution in [0.4, 0.5) is 5.69 Å². The number of methoxy groups -OCH3 is 2. The van der Waals surface area contributed by atoms with Gasteiger partial charge in [0, 0.05) is 12.5 Å². The Balaban J connectivity index is 1.82. The highest BCUT2D eigenvalue weighted by atomic mass is 16.5. The molecule has 1 amide bonds. The zero-order chi connectivity index (χ0) is 20.4. The molecule has 7 heteroatoms. The van der Waals surface area contributed by atoms with Gasteiger partial charge in [-0.2, -0.15) is 0 Å². The van der Waals surface area contributed by atoms with E-state index in [9.17, 15) is 9.59 Å². The Hall–Kier alpha value is -3.22. The minimum atomic E-state index is -0.463. The molecule has 150 valence electrons. The van der Waals surface area contributed by atoms with Gasteiger partial charge >= 0.3 is 5.97 Å². The second kappa shape index (κ2) is 10.8. The number of anilines is 1. The van der Waals surface area contributed by atoms with E-state index >= 15 is 0 Å². The van der Waals surface area contributed by atoms with Crippen molar-refractivity contribution in [1.82, 2.24) is 0 Å². The molecular formula is C21H25NO6. The molecule has 0 fully saturated rings.